The van der Waals surface area contributed by atoms with Crippen LogP contribution in [0, 0.1) is 11.8 Å². The Bertz CT molecular complexity index is 404. The molecule has 1 aliphatic heterocycles. The first kappa shape index (κ1) is 18.2. The Labute approximate surface area is 132 Å². The molecule has 3 atom stereocenters. The third-order valence-corrected chi connectivity index (χ3v) is 6.14. The summed E-state index contributed by atoms with van der Waals surface area (Å²) in [6.45, 7) is 3.94. The maximum absolute atomic E-state index is 12.2. The molecule has 0 aromatic heterocycles. The lowest BCUT2D eigenvalue weighted by atomic mass is 10.1. The normalized spacial score (nSPS) is 21.0. The summed E-state index contributed by atoms with van der Waals surface area (Å²) in [5.41, 5.74) is 0. The van der Waals surface area contributed by atoms with Crippen LogP contribution in [0.25, 0.3) is 0 Å². The SMILES string of the molecule is C[C@H](CSSC[C@@H](C)C(=O)N1CCC[C@H]1C(=O)O)C(=O)O. The quantitative estimate of drug-likeness (QED) is 0.516. The zero-order valence-corrected chi connectivity index (χ0v) is 13.8. The highest BCUT2D eigenvalue weighted by Gasteiger charge is 2.35. The molecular weight excluding hydrogens is 314 g/mol. The average Bonchev–Trinajstić information content (AvgIpc) is 2.91. The van der Waals surface area contributed by atoms with Gasteiger partial charge in [0.05, 0.1) is 5.92 Å². The zero-order valence-electron chi connectivity index (χ0n) is 12.2. The molecule has 8 heteroatoms. The van der Waals surface area contributed by atoms with E-state index in [4.69, 9.17) is 10.2 Å². The molecular formula is C13H21NO5S2. The van der Waals surface area contributed by atoms with Crippen molar-refractivity contribution in [3.63, 3.8) is 0 Å². The first-order chi connectivity index (χ1) is 9.84. The average molecular weight is 335 g/mol. The maximum atomic E-state index is 12.2. The van der Waals surface area contributed by atoms with Crippen molar-refractivity contribution in [2.45, 2.75) is 32.7 Å². The molecule has 0 radical (unpaired) electrons. The van der Waals surface area contributed by atoms with Crippen LogP contribution in [-0.4, -0.2) is 57.1 Å². The van der Waals surface area contributed by atoms with Gasteiger partial charge >= 0.3 is 11.9 Å². The summed E-state index contributed by atoms with van der Waals surface area (Å²) in [5, 5.41) is 17.8. The number of carboxylic acid groups (broad SMARTS) is 2. The summed E-state index contributed by atoms with van der Waals surface area (Å²) >= 11 is 0. The van der Waals surface area contributed by atoms with Crippen LogP contribution in [0.15, 0.2) is 0 Å². The zero-order chi connectivity index (χ0) is 16.0. The number of carboxylic acids is 2. The van der Waals surface area contributed by atoms with Crippen molar-refractivity contribution in [2.24, 2.45) is 11.8 Å². The number of rotatable bonds is 8. The summed E-state index contributed by atoms with van der Waals surface area (Å²) in [7, 11) is 2.90. The smallest absolute Gasteiger partial charge is 0.326 e. The molecule has 1 saturated heterocycles. The Morgan fingerprint density at radius 2 is 1.71 bits per heavy atom. The van der Waals surface area contributed by atoms with Crippen LogP contribution in [-0.2, 0) is 14.4 Å². The van der Waals surface area contributed by atoms with Gasteiger partial charge in [0, 0.05) is 24.0 Å². The molecule has 0 aliphatic carbocycles. The lowest BCUT2D eigenvalue weighted by Crippen LogP contribution is -2.43. The Kier molecular flexibility index (Phi) is 7.37. The first-order valence-electron chi connectivity index (χ1n) is 6.85. The van der Waals surface area contributed by atoms with Gasteiger partial charge in [-0.15, -0.1) is 0 Å². The molecule has 21 heavy (non-hydrogen) atoms. The van der Waals surface area contributed by atoms with Gasteiger partial charge in [0.15, 0.2) is 0 Å². The van der Waals surface area contributed by atoms with E-state index in [-0.39, 0.29) is 11.8 Å². The molecule has 1 heterocycles. The minimum Gasteiger partial charge on any atom is -0.481 e. The molecule has 120 valence electrons. The number of carbonyl (C=O) groups excluding carboxylic acids is 1. The van der Waals surface area contributed by atoms with Crippen molar-refractivity contribution < 1.29 is 24.6 Å². The van der Waals surface area contributed by atoms with Crippen LogP contribution >= 0.6 is 21.6 Å². The Hall–Kier alpha value is -0.890. The van der Waals surface area contributed by atoms with E-state index in [1.165, 1.54) is 26.5 Å². The third-order valence-electron chi connectivity index (χ3n) is 3.38. The highest BCUT2D eigenvalue weighted by molar-refractivity contribution is 8.76. The standard InChI is InChI=1S/C13H21NO5S2/c1-8(6-20-21-7-9(2)12(16)17)11(15)14-5-3-4-10(14)13(18)19/h8-10H,3-7H2,1-2H3,(H,16,17)(H,18,19)/t8-,9-,10+/m1/s1. The monoisotopic (exact) mass is 335 g/mol. The van der Waals surface area contributed by atoms with E-state index in [1.807, 2.05) is 0 Å². The second-order valence-electron chi connectivity index (χ2n) is 5.24. The van der Waals surface area contributed by atoms with Gasteiger partial charge in [-0.3, -0.25) is 9.59 Å². The molecule has 0 spiro atoms. The summed E-state index contributed by atoms with van der Waals surface area (Å²) in [5.74, 6) is -1.52. The molecule has 1 amide bonds. The Morgan fingerprint density at radius 3 is 2.24 bits per heavy atom. The number of likely N-dealkylation sites (tertiary alicyclic amines) is 1. The van der Waals surface area contributed by atoms with Gasteiger partial charge in [0.2, 0.25) is 5.91 Å². The second kappa shape index (κ2) is 8.53. The molecule has 0 aromatic rings. The minimum absolute atomic E-state index is 0.126. The van der Waals surface area contributed by atoms with Crippen molar-refractivity contribution >= 4 is 39.4 Å². The summed E-state index contributed by atoms with van der Waals surface area (Å²) in [6, 6.07) is -0.690. The van der Waals surface area contributed by atoms with Gasteiger partial charge in [0.25, 0.3) is 0 Å². The van der Waals surface area contributed by atoms with Crippen LogP contribution in [0.3, 0.4) is 0 Å². The number of hydrogen-bond donors (Lipinski definition) is 2. The van der Waals surface area contributed by atoms with E-state index in [0.29, 0.717) is 24.5 Å². The summed E-state index contributed by atoms with van der Waals surface area (Å²) in [4.78, 5) is 35.4. The number of nitrogens with zero attached hydrogens (tertiary/aromatic N) is 1. The second-order valence-corrected chi connectivity index (χ2v) is 7.79. The van der Waals surface area contributed by atoms with E-state index in [2.05, 4.69) is 0 Å². The van der Waals surface area contributed by atoms with Gasteiger partial charge in [-0.1, -0.05) is 35.4 Å². The molecule has 0 saturated carbocycles. The molecule has 1 aliphatic rings. The summed E-state index contributed by atoms with van der Waals surface area (Å²) in [6.07, 6.45) is 1.25. The van der Waals surface area contributed by atoms with Crippen molar-refractivity contribution in [3.05, 3.63) is 0 Å². The van der Waals surface area contributed by atoms with E-state index in [9.17, 15) is 14.4 Å². The predicted molar refractivity (Wildman–Crippen MR) is 83.3 cm³/mol. The predicted octanol–water partition coefficient (Wildman–Crippen LogP) is 1.80. The fraction of sp³-hybridized carbons (Fsp3) is 0.769. The minimum atomic E-state index is -0.939. The lowest BCUT2D eigenvalue weighted by molar-refractivity contribution is -0.149. The van der Waals surface area contributed by atoms with Crippen LogP contribution in [0.1, 0.15) is 26.7 Å². The molecule has 0 aromatic carbocycles. The van der Waals surface area contributed by atoms with Crippen molar-refractivity contribution in [2.75, 3.05) is 18.1 Å². The van der Waals surface area contributed by atoms with Crippen LogP contribution in [0.5, 0.6) is 0 Å². The van der Waals surface area contributed by atoms with Gasteiger partial charge in [-0.2, -0.15) is 0 Å². The molecule has 0 bridgehead atoms. The van der Waals surface area contributed by atoms with Gasteiger partial charge in [-0.05, 0) is 12.8 Å². The number of amides is 1. The lowest BCUT2D eigenvalue weighted by Gasteiger charge is -2.24. The van der Waals surface area contributed by atoms with Crippen LogP contribution < -0.4 is 0 Å². The number of carbonyl (C=O) groups is 3. The molecule has 1 fully saturated rings. The highest BCUT2D eigenvalue weighted by atomic mass is 33.1. The largest absolute Gasteiger partial charge is 0.481 e. The third kappa shape index (κ3) is 5.43. The Balaban J connectivity index is 2.34. The molecule has 6 nitrogen and oxygen atoms in total. The van der Waals surface area contributed by atoms with E-state index < -0.39 is 23.9 Å². The van der Waals surface area contributed by atoms with E-state index in [1.54, 1.807) is 13.8 Å². The van der Waals surface area contributed by atoms with Crippen LogP contribution in [0.2, 0.25) is 0 Å². The van der Waals surface area contributed by atoms with Crippen molar-refractivity contribution in [1.29, 1.82) is 0 Å². The van der Waals surface area contributed by atoms with E-state index >= 15 is 0 Å². The number of hydrogen-bond acceptors (Lipinski definition) is 5. The molecule has 1 rings (SSSR count). The van der Waals surface area contributed by atoms with Gasteiger partial charge in [-0.25, -0.2) is 4.79 Å². The van der Waals surface area contributed by atoms with Gasteiger partial charge in [0.1, 0.15) is 6.04 Å². The fourth-order valence-electron chi connectivity index (χ4n) is 2.01. The van der Waals surface area contributed by atoms with E-state index in [0.717, 1.165) is 6.42 Å². The van der Waals surface area contributed by atoms with Crippen molar-refractivity contribution in [1.82, 2.24) is 4.90 Å². The molecule has 2 N–H and O–H groups in total. The van der Waals surface area contributed by atoms with Crippen molar-refractivity contribution in [3.8, 4) is 0 Å². The van der Waals surface area contributed by atoms with Gasteiger partial charge < -0.3 is 15.1 Å². The highest BCUT2D eigenvalue weighted by Crippen LogP contribution is 2.28. The molecule has 0 unspecified atom stereocenters. The first-order valence-corrected chi connectivity index (χ1v) is 9.34. The number of aliphatic carboxylic acids is 2. The topological polar surface area (TPSA) is 94.9 Å². The Morgan fingerprint density at radius 1 is 1.14 bits per heavy atom. The fourth-order valence-corrected chi connectivity index (χ4v) is 4.70. The van der Waals surface area contributed by atoms with Crippen LogP contribution in [0.4, 0.5) is 0 Å². The maximum Gasteiger partial charge on any atom is 0.326 e. The summed E-state index contributed by atoms with van der Waals surface area (Å²) < 4.78 is 0.